The molecule has 0 saturated heterocycles. The Kier molecular flexibility index (Phi) is 5.04. The van der Waals surface area contributed by atoms with E-state index in [0.29, 0.717) is 0 Å². The Morgan fingerprint density at radius 3 is 2.29 bits per heavy atom. The normalized spacial score (nSPS) is 16.5. The van der Waals surface area contributed by atoms with Crippen LogP contribution in [0.2, 0.25) is 0 Å². The van der Waals surface area contributed by atoms with Crippen LogP contribution in [0, 0.1) is 0 Å². The van der Waals surface area contributed by atoms with Gasteiger partial charge in [0.2, 0.25) is 0 Å². The monoisotopic (exact) mass is 361 g/mol. The molecule has 0 spiro atoms. The van der Waals surface area contributed by atoms with E-state index >= 15 is 0 Å². The van der Waals surface area contributed by atoms with Crippen LogP contribution in [-0.4, -0.2) is 5.75 Å². The molecule has 0 heterocycles. The topological polar surface area (TPSA) is 26.0 Å². The third-order valence-corrected chi connectivity index (χ3v) is 5.84. The molecule has 0 aliphatic heterocycles. The first kappa shape index (κ1) is 15.1. The Morgan fingerprint density at radius 2 is 1.71 bits per heavy atom. The average molecular weight is 362 g/mol. The van der Waals surface area contributed by atoms with Gasteiger partial charge in [-0.15, -0.1) is 11.8 Å². The summed E-state index contributed by atoms with van der Waals surface area (Å²) in [7, 11) is 0. The Balaban J connectivity index is 1.56. The molecule has 1 atom stereocenters. The largest absolute Gasteiger partial charge is 0.323 e. The highest BCUT2D eigenvalue weighted by Crippen LogP contribution is 2.36. The van der Waals surface area contributed by atoms with Crippen LogP contribution in [0.5, 0.6) is 0 Å². The maximum Gasteiger partial charge on any atom is 0.0390 e. The van der Waals surface area contributed by atoms with E-state index in [2.05, 4.69) is 64.5 Å². The van der Waals surface area contributed by atoms with E-state index in [-0.39, 0.29) is 6.04 Å². The van der Waals surface area contributed by atoms with E-state index < -0.39 is 0 Å². The zero-order chi connectivity index (χ0) is 14.7. The first-order chi connectivity index (χ1) is 10.2. The van der Waals surface area contributed by atoms with Crippen molar-refractivity contribution in [3.63, 3.8) is 0 Å². The molecule has 1 nitrogen and oxygen atoms in total. The summed E-state index contributed by atoms with van der Waals surface area (Å²) in [6, 6.07) is 17.4. The summed E-state index contributed by atoms with van der Waals surface area (Å²) >= 11 is 5.27. The van der Waals surface area contributed by atoms with E-state index in [0.717, 1.165) is 16.1 Å². The molecule has 0 bridgehead atoms. The standard InChI is InChI=1S/C18H20BrNS/c19-16-8-10-17(11-9-16)21-12-18(20)15-6-4-14(5-7-15)13-2-1-3-13/h4-11,13,18H,1-3,12,20H2. The van der Waals surface area contributed by atoms with Gasteiger partial charge < -0.3 is 5.73 Å². The second-order valence-corrected chi connectivity index (χ2v) is 7.67. The van der Waals surface area contributed by atoms with Crippen molar-refractivity contribution < 1.29 is 0 Å². The molecule has 2 aromatic carbocycles. The lowest BCUT2D eigenvalue weighted by Gasteiger charge is -2.26. The SMILES string of the molecule is NC(CSc1ccc(Br)cc1)c1ccc(C2CCC2)cc1. The van der Waals surface area contributed by atoms with Gasteiger partial charge in [0.1, 0.15) is 0 Å². The minimum atomic E-state index is 0.0917. The molecule has 1 unspecified atom stereocenters. The molecule has 1 aliphatic carbocycles. The van der Waals surface area contributed by atoms with Crippen molar-refractivity contribution in [2.24, 2.45) is 5.73 Å². The second kappa shape index (κ2) is 6.99. The van der Waals surface area contributed by atoms with Gasteiger partial charge in [-0.3, -0.25) is 0 Å². The summed E-state index contributed by atoms with van der Waals surface area (Å²) in [5.41, 5.74) is 9.04. The van der Waals surface area contributed by atoms with Crippen LogP contribution in [0.15, 0.2) is 57.9 Å². The smallest absolute Gasteiger partial charge is 0.0390 e. The lowest BCUT2D eigenvalue weighted by atomic mass is 9.80. The highest BCUT2D eigenvalue weighted by atomic mass is 79.9. The number of halogens is 1. The van der Waals surface area contributed by atoms with Crippen molar-refractivity contribution in [1.82, 2.24) is 0 Å². The molecular weight excluding hydrogens is 342 g/mol. The summed E-state index contributed by atoms with van der Waals surface area (Å²) in [5.74, 6) is 1.71. The van der Waals surface area contributed by atoms with E-state index in [1.165, 1.54) is 35.3 Å². The molecule has 1 aliphatic rings. The number of hydrogen-bond donors (Lipinski definition) is 1. The molecule has 110 valence electrons. The second-order valence-electron chi connectivity index (χ2n) is 5.67. The summed E-state index contributed by atoms with van der Waals surface area (Å²) in [6.45, 7) is 0. The van der Waals surface area contributed by atoms with Crippen LogP contribution in [0.25, 0.3) is 0 Å². The van der Waals surface area contributed by atoms with E-state index in [9.17, 15) is 0 Å². The maximum atomic E-state index is 6.32. The molecule has 0 radical (unpaired) electrons. The number of benzene rings is 2. The fourth-order valence-electron chi connectivity index (χ4n) is 2.57. The van der Waals surface area contributed by atoms with E-state index in [1.54, 1.807) is 0 Å². The van der Waals surface area contributed by atoms with Gasteiger partial charge >= 0.3 is 0 Å². The van der Waals surface area contributed by atoms with Gasteiger partial charge in [-0.2, -0.15) is 0 Å². The van der Waals surface area contributed by atoms with Crippen LogP contribution in [0.1, 0.15) is 42.3 Å². The molecule has 1 saturated carbocycles. The molecular formula is C18H20BrNS. The lowest BCUT2D eigenvalue weighted by Crippen LogP contribution is -2.14. The molecule has 0 amide bonds. The van der Waals surface area contributed by atoms with Crippen LogP contribution >= 0.6 is 27.7 Å². The number of hydrogen-bond acceptors (Lipinski definition) is 2. The first-order valence-corrected chi connectivity index (χ1v) is 9.24. The molecule has 21 heavy (non-hydrogen) atoms. The van der Waals surface area contributed by atoms with Gasteiger partial charge in [0, 0.05) is 21.2 Å². The first-order valence-electron chi connectivity index (χ1n) is 7.46. The minimum Gasteiger partial charge on any atom is -0.323 e. The predicted molar refractivity (Wildman–Crippen MR) is 94.8 cm³/mol. The van der Waals surface area contributed by atoms with Gasteiger partial charge in [-0.25, -0.2) is 0 Å². The minimum absolute atomic E-state index is 0.0917. The van der Waals surface area contributed by atoms with Gasteiger partial charge in [-0.05, 0) is 54.2 Å². The Hall–Kier alpha value is -0.770. The summed E-state index contributed by atoms with van der Waals surface area (Å²) in [6.07, 6.45) is 4.09. The van der Waals surface area contributed by atoms with Crippen molar-refractivity contribution in [3.8, 4) is 0 Å². The van der Waals surface area contributed by atoms with Crippen LogP contribution in [0.3, 0.4) is 0 Å². The molecule has 2 N–H and O–H groups in total. The van der Waals surface area contributed by atoms with Gasteiger partial charge in [-0.1, -0.05) is 46.6 Å². The third kappa shape index (κ3) is 3.91. The van der Waals surface area contributed by atoms with Crippen molar-refractivity contribution >= 4 is 27.7 Å². The zero-order valence-electron chi connectivity index (χ0n) is 12.0. The van der Waals surface area contributed by atoms with Crippen LogP contribution in [0.4, 0.5) is 0 Å². The zero-order valence-corrected chi connectivity index (χ0v) is 14.4. The van der Waals surface area contributed by atoms with Crippen LogP contribution < -0.4 is 5.73 Å². The highest BCUT2D eigenvalue weighted by Gasteiger charge is 2.19. The number of nitrogens with two attached hydrogens (primary N) is 1. The fraction of sp³-hybridized carbons (Fsp3) is 0.333. The molecule has 2 aromatic rings. The van der Waals surface area contributed by atoms with Crippen molar-refractivity contribution in [2.45, 2.75) is 36.1 Å². The maximum absolute atomic E-state index is 6.32. The molecule has 1 fully saturated rings. The van der Waals surface area contributed by atoms with Crippen molar-refractivity contribution in [1.29, 1.82) is 0 Å². The molecule has 3 heteroatoms. The average Bonchev–Trinajstić information content (AvgIpc) is 2.45. The van der Waals surface area contributed by atoms with Crippen molar-refractivity contribution in [2.75, 3.05) is 5.75 Å². The van der Waals surface area contributed by atoms with E-state index in [1.807, 2.05) is 11.8 Å². The Labute approximate surface area is 139 Å². The van der Waals surface area contributed by atoms with E-state index in [4.69, 9.17) is 5.73 Å². The lowest BCUT2D eigenvalue weighted by molar-refractivity contribution is 0.419. The summed E-state index contributed by atoms with van der Waals surface area (Å²) < 4.78 is 1.11. The number of rotatable bonds is 5. The quantitative estimate of drug-likeness (QED) is 0.710. The van der Waals surface area contributed by atoms with Gasteiger partial charge in [0.15, 0.2) is 0 Å². The van der Waals surface area contributed by atoms with Crippen molar-refractivity contribution in [3.05, 3.63) is 64.1 Å². The summed E-state index contributed by atoms with van der Waals surface area (Å²) in [4.78, 5) is 1.26. The Morgan fingerprint density at radius 1 is 1.05 bits per heavy atom. The number of thioether (sulfide) groups is 1. The Bertz CT molecular complexity index is 575. The molecule has 0 aromatic heterocycles. The van der Waals surface area contributed by atoms with Gasteiger partial charge in [0.25, 0.3) is 0 Å². The third-order valence-electron chi connectivity index (χ3n) is 4.18. The summed E-state index contributed by atoms with van der Waals surface area (Å²) in [5, 5.41) is 0. The highest BCUT2D eigenvalue weighted by molar-refractivity contribution is 9.10. The molecule has 3 rings (SSSR count). The fourth-order valence-corrected chi connectivity index (χ4v) is 3.73. The van der Waals surface area contributed by atoms with Gasteiger partial charge in [0.05, 0.1) is 0 Å². The predicted octanol–water partition coefficient (Wildman–Crippen LogP) is 5.51. The van der Waals surface area contributed by atoms with Crippen LogP contribution in [-0.2, 0) is 0 Å².